The lowest BCUT2D eigenvalue weighted by Crippen LogP contribution is -2.37. The van der Waals surface area contributed by atoms with Gasteiger partial charge in [0.05, 0.1) is 47.3 Å². The number of hydrogen-bond donors (Lipinski definition) is 1. The lowest BCUT2D eigenvalue weighted by atomic mass is 10.1. The Bertz CT molecular complexity index is 446. The van der Waals surface area contributed by atoms with E-state index in [1.807, 2.05) is 12.1 Å². The fourth-order valence-electron chi connectivity index (χ4n) is 2.25. The van der Waals surface area contributed by atoms with Crippen LogP contribution in [0.25, 0.3) is 0 Å². The van der Waals surface area contributed by atoms with Crippen molar-refractivity contribution in [1.29, 1.82) is 0 Å². The Kier molecular flexibility index (Phi) is 6.10. The van der Waals surface area contributed by atoms with Gasteiger partial charge in [0.25, 0.3) is 0 Å². The fourth-order valence-corrected chi connectivity index (χ4v) is 2.25. The van der Waals surface area contributed by atoms with Crippen LogP contribution < -0.4 is 19.5 Å². The smallest absolute Gasteiger partial charge is 0.164 e. The Balaban J connectivity index is 1.97. The maximum atomic E-state index is 5.59. The molecule has 0 bridgehead atoms. The minimum Gasteiger partial charge on any atom is -0.496 e. The third kappa shape index (κ3) is 4.23. The molecule has 1 unspecified atom stereocenters. The molecule has 6 nitrogen and oxygen atoms in total. The first-order chi connectivity index (χ1) is 10.3. The lowest BCUT2D eigenvalue weighted by Gasteiger charge is -2.23. The quantitative estimate of drug-likeness (QED) is 0.816. The molecule has 118 valence electrons. The molecule has 1 N–H and O–H groups in total. The molecule has 1 saturated heterocycles. The van der Waals surface area contributed by atoms with Crippen LogP contribution in [0.3, 0.4) is 0 Å². The molecule has 1 atom stereocenters. The van der Waals surface area contributed by atoms with Crippen molar-refractivity contribution in [1.82, 2.24) is 5.32 Å². The molecular formula is C15H23NO5. The second kappa shape index (κ2) is 8.07. The molecule has 0 saturated carbocycles. The normalized spacial score (nSPS) is 18.3. The van der Waals surface area contributed by atoms with Gasteiger partial charge < -0.3 is 29.0 Å². The molecule has 1 heterocycles. The Morgan fingerprint density at radius 2 is 1.76 bits per heavy atom. The zero-order valence-electron chi connectivity index (χ0n) is 12.8. The van der Waals surface area contributed by atoms with Crippen molar-refractivity contribution >= 4 is 0 Å². The number of methoxy groups -OCH3 is 3. The maximum absolute atomic E-state index is 5.59. The van der Waals surface area contributed by atoms with Crippen molar-refractivity contribution in [3.05, 3.63) is 17.7 Å². The predicted octanol–water partition coefficient (Wildman–Crippen LogP) is 1.22. The summed E-state index contributed by atoms with van der Waals surface area (Å²) in [4.78, 5) is 0. The number of ether oxygens (including phenoxy) is 5. The van der Waals surface area contributed by atoms with E-state index < -0.39 is 0 Å². The molecule has 2 rings (SSSR count). The van der Waals surface area contributed by atoms with E-state index in [-0.39, 0.29) is 6.10 Å². The second-order valence-electron chi connectivity index (χ2n) is 4.72. The molecule has 0 aliphatic carbocycles. The van der Waals surface area contributed by atoms with Gasteiger partial charge in [0.15, 0.2) is 11.5 Å². The number of rotatable bonds is 7. The van der Waals surface area contributed by atoms with Crippen molar-refractivity contribution in [2.45, 2.75) is 12.6 Å². The third-order valence-corrected chi connectivity index (χ3v) is 3.36. The molecule has 21 heavy (non-hydrogen) atoms. The van der Waals surface area contributed by atoms with Crippen LogP contribution in [0, 0.1) is 0 Å². The Labute approximate surface area is 125 Å². The van der Waals surface area contributed by atoms with Crippen LogP contribution in [0.4, 0.5) is 0 Å². The average molecular weight is 297 g/mol. The van der Waals surface area contributed by atoms with Gasteiger partial charge in [0, 0.05) is 24.7 Å². The first-order valence-electron chi connectivity index (χ1n) is 6.97. The topological polar surface area (TPSA) is 58.2 Å². The maximum Gasteiger partial charge on any atom is 0.164 e. The van der Waals surface area contributed by atoms with E-state index in [1.165, 1.54) is 0 Å². The van der Waals surface area contributed by atoms with Gasteiger partial charge in [-0.3, -0.25) is 0 Å². The van der Waals surface area contributed by atoms with E-state index in [0.29, 0.717) is 37.9 Å². The van der Waals surface area contributed by atoms with Crippen molar-refractivity contribution in [3.63, 3.8) is 0 Å². The largest absolute Gasteiger partial charge is 0.496 e. The monoisotopic (exact) mass is 297 g/mol. The van der Waals surface area contributed by atoms with Crippen LogP contribution in [0.1, 0.15) is 5.56 Å². The summed E-state index contributed by atoms with van der Waals surface area (Å²) >= 11 is 0. The van der Waals surface area contributed by atoms with Gasteiger partial charge in [-0.15, -0.1) is 0 Å². The number of nitrogens with one attached hydrogen (secondary N) is 1. The van der Waals surface area contributed by atoms with Crippen molar-refractivity contribution in [2.75, 3.05) is 47.7 Å². The summed E-state index contributed by atoms with van der Waals surface area (Å²) in [5.41, 5.74) is 1.01. The van der Waals surface area contributed by atoms with Crippen molar-refractivity contribution < 1.29 is 23.7 Å². The number of benzene rings is 1. The van der Waals surface area contributed by atoms with Crippen LogP contribution in [0.15, 0.2) is 12.1 Å². The molecule has 1 aliphatic rings. The van der Waals surface area contributed by atoms with Gasteiger partial charge >= 0.3 is 0 Å². The highest BCUT2D eigenvalue weighted by Gasteiger charge is 2.15. The minimum atomic E-state index is 0.102. The lowest BCUT2D eigenvalue weighted by molar-refractivity contribution is -0.0864. The van der Waals surface area contributed by atoms with Gasteiger partial charge in [-0.05, 0) is 6.07 Å². The first kappa shape index (κ1) is 15.9. The first-order valence-corrected chi connectivity index (χ1v) is 6.97. The highest BCUT2D eigenvalue weighted by atomic mass is 16.6. The molecule has 0 spiro atoms. The Hall–Kier alpha value is -1.50. The molecule has 1 fully saturated rings. The highest BCUT2D eigenvalue weighted by Crippen LogP contribution is 2.34. The van der Waals surface area contributed by atoms with Crippen molar-refractivity contribution in [3.8, 4) is 17.2 Å². The zero-order valence-corrected chi connectivity index (χ0v) is 12.8. The minimum absolute atomic E-state index is 0.102. The standard InChI is InChI=1S/C15H23NO5/c1-17-13-7-15(19-3)14(18-2)6-11(13)8-16-9-12-10-20-4-5-21-12/h6-7,12,16H,4-5,8-10H2,1-3H3. The van der Waals surface area contributed by atoms with Gasteiger partial charge in [0.1, 0.15) is 5.75 Å². The van der Waals surface area contributed by atoms with Gasteiger partial charge in [0.2, 0.25) is 0 Å². The van der Waals surface area contributed by atoms with E-state index in [9.17, 15) is 0 Å². The second-order valence-corrected chi connectivity index (χ2v) is 4.72. The number of hydrogen-bond acceptors (Lipinski definition) is 6. The molecule has 1 aliphatic heterocycles. The summed E-state index contributed by atoms with van der Waals surface area (Å²) in [6.07, 6.45) is 0.102. The van der Waals surface area contributed by atoms with Gasteiger partial charge in [-0.25, -0.2) is 0 Å². The van der Waals surface area contributed by atoms with E-state index in [0.717, 1.165) is 17.9 Å². The van der Waals surface area contributed by atoms with Gasteiger partial charge in [-0.1, -0.05) is 0 Å². The molecule has 1 aromatic rings. The Morgan fingerprint density at radius 3 is 2.38 bits per heavy atom. The summed E-state index contributed by atoms with van der Waals surface area (Å²) in [7, 11) is 4.87. The summed E-state index contributed by atoms with van der Waals surface area (Å²) in [5, 5.41) is 3.35. The molecule has 0 amide bonds. The zero-order chi connectivity index (χ0) is 15.1. The van der Waals surface area contributed by atoms with E-state index in [4.69, 9.17) is 23.7 Å². The third-order valence-electron chi connectivity index (χ3n) is 3.36. The highest BCUT2D eigenvalue weighted by molar-refractivity contribution is 5.50. The molecule has 0 radical (unpaired) electrons. The summed E-state index contributed by atoms with van der Waals surface area (Å²) in [6, 6.07) is 3.75. The average Bonchev–Trinajstić information content (AvgIpc) is 2.55. The van der Waals surface area contributed by atoms with Crippen molar-refractivity contribution in [2.24, 2.45) is 0 Å². The van der Waals surface area contributed by atoms with E-state index in [2.05, 4.69) is 5.32 Å². The molecule has 0 aromatic heterocycles. The van der Waals surface area contributed by atoms with Crippen LogP contribution in [0.5, 0.6) is 17.2 Å². The SMILES string of the molecule is COc1cc(OC)c(OC)cc1CNCC1COCCO1. The van der Waals surface area contributed by atoms with Crippen LogP contribution in [0.2, 0.25) is 0 Å². The van der Waals surface area contributed by atoms with Crippen LogP contribution >= 0.6 is 0 Å². The van der Waals surface area contributed by atoms with Crippen LogP contribution in [-0.4, -0.2) is 53.8 Å². The fraction of sp³-hybridized carbons (Fsp3) is 0.600. The summed E-state index contributed by atoms with van der Waals surface area (Å²) in [5.74, 6) is 2.11. The molecular weight excluding hydrogens is 274 g/mol. The molecule has 1 aromatic carbocycles. The van der Waals surface area contributed by atoms with E-state index >= 15 is 0 Å². The van der Waals surface area contributed by atoms with Gasteiger partial charge in [-0.2, -0.15) is 0 Å². The predicted molar refractivity (Wildman–Crippen MR) is 78.4 cm³/mol. The van der Waals surface area contributed by atoms with Crippen LogP contribution in [-0.2, 0) is 16.0 Å². The summed E-state index contributed by atoms with van der Waals surface area (Å²) in [6.45, 7) is 3.36. The summed E-state index contributed by atoms with van der Waals surface area (Å²) < 4.78 is 27.0. The molecule has 6 heteroatoms. The van der Waals surface area contributed by atoms with E-state index in [1.54, 1.807) is 21.3 Å². The Morgan fingerprint density at radius 1 is 1.05 bits per heavy atom.